The second kappa shape index (κ2) is 11.8. The molecule has 3 aromatic rings. The number of nitrogens with zero attached hydrogens (tertiary/aromatic N) is 5. The third-order valence-electron chi connectivity index (χ3n) is 6.40. The molecule has 0 saturated carbocycles. The monoisotopic (exact) mass is 527 g/mol. The minimum absolute atomic E-state index is 0.119. The van der Waals surface area contributed by atoms with Gasteiger partial charge < -0.3 is 29.7 Å². The number of anilines is 3. The molecule has 1 amide bonds. The highest BCUT2D eigenvalue weighted by Gasteiger charge is 2.20. The van der Waals surface area contributed by atoms with Crippen LogP contribution in [0.4, 0.5) is 17.5 Å². The topological polar surface area (TPSA) is 105 Å². The van der Waals surface area contributed by atoms with Crippen LogP contribution in [0.15, 0.2) is 35.3 Å². The number of halogens is 1. The minimum atomic E-state index is -0.313. The molecule has 4 rings (SSSR count). The number of amides is 1. The first kappa shape index (κ1) is 26.7. The van der Waals surface area contributed by atoms with Crippen molar-refractivity contribution < 1.29 is 9.53 Å². The zero-order valence-electron chi connectivity index (χ0n) is 21.8. The normalized spacial score (nSPS) is 15.7. The lowest BCUT2D eigenvalue weighted by Crippen LogP contribution is -2.35. The Labute approximate surface area is 221 Å². The van der Waals surface area contributed by atoms with E-state index < -0.39 is 0 Å². The van der Waals surface area contributed by atoms with Crippen LogP contribution >= 0.6 is 11.6 Å². The predicted molar refractivity (Wildman–Crippen MR) is 147 cm³/mol. The van der Waals surface area contributed by atoms with Gasteiger partial charge in [0.25, 0.3) is 11.5 Å². The molecule has 0 radical (unpaired) electrons. The van der Waals surface area contributed by atoms with Crippen LogP contribution in [-0.2, 0) is 11.3 Å². The van der Waals surface area contributed by atoms with Gasteiger partial charge in [0.05, 0.1) is 11.7 Å². The van der Waals surface area contributed by atoms with Gasteiger partial charge in [-0.2, -0.15) is 4.98 Å². The summed E-state index contributed by atoms with van der Waals surface area (Å²) in [6.45, 7) is 4.98. The van der Waals surface area contributed by atoms with Gasteiger partial charge in [-0.1, -0.05) is 18.5 Å². The maximum Gasteiger partial charge on any atom is 0.293 e. The van der Waals surface area contributed by atoms with E-state index in [2.05, 4.69) is 27.4 Å². The van der Waals surface area contributed by atoms with Crippen LogP contribution in [0.1, 0.15) is 19.8 Å². The van der Waals surface area contributed by atoms with Gasteiger partial charge in [0.1, 0.15) is 5.02 Å². The zero-order valence-corrected chi connectivity index (χ0v) is 22.5. The van der Waals surface area contributed by atoms with Crippen molar-refractivity contribution in [3.05, 3.63) is 45.8 Å². The number of ether oxygens (including phenoxy) is 1. The molecule has 2 N–H and O–H groups in total. The molecule has 1 unspecified atom stereocenters. The van der Waals surface area contributed by atoms with Crippen LogP contribution in [0.2, 0.25) is 5.02 Å². The summed E-state index contributed by atoms with van der Waals surface area (Å²) in [6, 6.07) is 7.36. The first-order valence-corrected chi connectivity index (χ1v) is 12.8. The summed E-state index contributed by atoms with van der Waals surface area (Å²) >= 11 is 6.44. The van der Waals surface area contributed by atoms with Crippen LogP contribution in [0, 0.1) is 5.92 Å². The van der Waals surface area contributed by atoms with E-state index in [0.29, 0.717) is 35.8 Å². The van der Waals surface area contributed by atoms with Crippen molar-refractivity contribution in [1.82, 2.24) is 24.8 Å². The molecule has 1 aliphatic rings. The first-order valence-electron chi connectivity index (χ1n) is 12.5. The van der Waals surface area contributed by atoms with E-state index in [1.165, 1.54) is 13.5 Å². The summed E-state index contributed by atoms with van der Waals surface area (Å²) in [6.07, 6.45) is 3.94. The number of carbonyl (C=O) groups is 1. The Morgan fingerprint density at radius 1 is 1.30 bits per heavy atom. The largest absolute Gasteiger partial charge is 0.478 e. The van der Waals surface area contributed by atoms with Gasteiger partial charge in [-0.3, -0.25) is 9.59 Å². The average molecular weight is 528 g/mol. The molecule has 1 saturated heterocycles. The molecule has 0 bridgehead atoms. The van der Waals surface area contributed by atoms with Crippen LogP contribution in [0.25, 0.3) is 10.9 Å². The van der Waals surface area contributed by atoms with Crippen molar-refractivity contribution in [2.45, 2.75) is 26.3 Å². The molecule has 2 aromatic heterocycles. The fraction of sp³-hybridized carbons (Fsp3) is 0.462. The number of nitrogens with one attached hydrogen (secondary N) is 2. The molecule has 1 aromatic carbocycles. The number of rotatable bonds is 9. The molecule has 0 spiro atoms. The van der Waals surface area contributed by atoms with Crippen LogP contribution in [0.5, 0.6) is 5.75 Å². The van der Waals surface area contributed by atoms with Gasteiger partial charge in [-0.25, -0.2) is 4.98 Å². The number of aromatic nitrogens is 3. The Kier molecular flexibility index (Phi) is 8.50. The number of fused-ring (bicyclic) bond motifs is 1. The molecule has 0 aliphatic carbocycles. The lowest BCUT2D eigenvalue weighted by atomic mass is 10.0. The summed E-state index contributed by atoms with van der Waals surface area (Å²) < 4.78 is 7.26. The molecule has 10 nitrogen and oxygen atoms in total. The van der Waals surface area contributed by atoms with Crippen LogP contribution in [0.3, 0.4) is 0 Å². The van der Waals surface area contributed by atoms with E-state index in [0.717, 1.165) is 36.1 Å². The fourth-order valence-electron chi connectivity index (χ4n) is 4.39. The van der Waals surface area contributed by atoms with Gasteiger partial charge in [-0.15, -0.1) is 0 Å². The Bertz CT molecular complexity index is 1330. The smallest absolute Gasteiger partial charge is 0.293 e. The van der Waals surface area contributed by atoms with Crippen LogP contribution in [-0.4, -0.2) is 72.7 Å². The van der Waals surface area contributed by atoms with E-state index in [-0.39, 0.29) is 23.8 Å². The van der Waals surface area contributed by atoms with Crippen LogP contribution < -0.4 is 25.8 Å². The van der Waals surface area contributed by atoms with E-state index in [4.69, 9.17) is 21.3 Å². The zero-order chi connectivity index (χ0) is 26.5. The number of piperidine rings is 1. The summed E-state index contributed by atoms with van der Waals surface area (Å²) in [5, 5.41) is 7.01. The molecule has 1 aliphatic heterocycles. The van der Waals surface area contributed by atoms with E-state index >= 15 is 0 Å². The van der Waals surface area contributed by atoms with Crippen molar-refractivity contribution in [2.75, 3.05) is 57.6 Å². The third kappa shape index (κ3) is 6.50. The quantitative estimate of drug-likeness (QED) is 0.437. The fourth-order valence-corrected chi connectivity index (χ4v) is 4.52. The second-order valence-electron chi connectivity index (χ2n) is 9.69. The van der Waals surface area contributed by atoms with Crippen molar-refractivity contribution >= 4 is 45.9 Å². The van der Waals surface area contributed by atoms with Gasteiger partial charge in [0, 0.05) is 44.3 Å². The highest BCUT2D eigenvalue weighted by atomic mass is 35.5. The first-order chi connectivity index (χ1) is 17.7. The SMILES string of the molecule is CNC(=O)COc1cc2cc(Nc3nc(N4CCCC(C)C4)ncc3Cl)ccc2n(CCN(C)C)c1=O. The Morgan fingerprint density at radius 3 is 2.84 bits per heavy atom. The van der Waals surface area contributed by atoms with Gasteiger partial charge in [-0.05, 0) is 57.1 Å². The Hall–Kier alpha value is -3.37. The Balaban J connectivity index is 1.67. The third-order valence-corrected chi connectivity index (χ3v) is 6.68. The van der Waals surface area contributed by atoms with Gasteiger partial charge in [0.15, 0.2) is 18.2 Å². The summed E-state index contributed by atoms with van der Waals surface area (Å²) in [5.41, 5.74) is 1.24. The maximum atomic E-state index is 13.2. The standard InChI is InChI=1S/C26H34ClN7O3/c1-17-6-5-9-33(15-17)26-29-14-20(27)24(31-26)30-19-7-8-21-18(12-19)13-22(37-16-23(35)28-2)25(36)34(21)11-10-32(3)4/h7-8,12-14,17H,5-6,9-11,15-16H2,1-4H3,(H,28,35)(H,29,30,31). The second-order valence-corrected chi connectivity index (χ2v) is 10.1. The molecule has 198 valence electrons. The molecule has 37 heavy (non-hydrogen) atoms. The number of carbonyl (C=O) groups excluding carboxylic acids is 1. The summed E-state index contributed by atoms with van der Waals surface area (Å²) in [4.78, 5) is 38.2. The molecule has 3 heterocycles. The average Bonchev–Trinajstić information content (AvgIpc) is 2.88. The lowest BCUT2D eigenvalue weighted by Gasteiger charge is -2.31. The Morgan fingerprint density at radius 2 is 2.11 bits per heavy atom. The van der Waals surface area contributed by atoms with E-state index in [9.17, 15) is 9.59 Å². The van der Waals surface area contributed by atoms with E-state index in [1.54, 1.807) is 16.8 Å². The summed E-state index contributed by atoms with van der Waals surface area (Å²) in [7, 11) is 5.42. The highest BCUT2D eigenvalue weighted by molar-refractivity contribution is 6.32. The van der Waals surface area contributed by atoms with Crippen molar-refractivity contribution in [3.63, 3.8) is 0 Å². The maximum absolute atomic E-state index is 13.2. The molecule has 1 fully saturated rings. The predicted octanol–water partition coefficient (Wildman–Crippen LogP) is 3.11. The summed E-state index contributed by atoms with van der Waals surface area (Å²) in [5.74, 6) is 1.57. The van der Waals surface area contributed by atoms with Crippen molar-refractivity contribution in [2.24, 2.45) is 5.92 Å². The minimum Gasteiger partial charge on any atom is -0.478 e. The number of hydrogen-bond donors (Lipinski definition) is 2. The molecular formula is C26H34ClN7O3. The number of benzene rings is 1. The number of hydrogen-bond acceptors (Lipinski definition) is 8. The number of pyridine rings is 1. The van der Waals surface area contributed by atoms with E-state index in [1.807, 2.05) is 37.2 Å². The molecule has 1 atom stereocenters. The lowest BCUT2D eigenvalue weighted by molar-refractivity contribution is -0.122. The van der Waals surface area contributed by atoms with Crippen molar-refractivity contribution in [1.29, 1.82) is 0 Å². The highest BCUT2D eigenvalue weighted by Crippen LogP contribution is 2.29. The molecule has 11 heteroatoms. The van der Waals surface area contributed by atoms with Gasteiger partial charge >= 0.3 is 0 Å². The molecular weight excluding hydrogens is 494 g/mol. The van der Waals surface area contributed by atoms with Gasteiger partial charge in [0.2, 0.25) is 5.95 Å². The number of likely N-dealkylation sites (N-methyl/N-ethyl adjacent to an activating group) is 2. The van der Waals surface area contributed by atoms with Crippen molar-refractivity contribution in [3.8, 4) is 5.75 Å².